The van der Waals surface area contributed by atoms with Gasteiger partial charge in [-0.05, 0) is 34.6 Å². The Balaban J connectivity index is 2.52. The maximum absolute atomic E-state index is 13.8. The van der Waals surface area contributed by atoms with Crippen LogP contribution in [0.1, 0.15) is 24.3 Å². The van der Waals surface area contributed by atoms with Crippen LogP contribution in [0.2, 0.25) is 0 Å². The van der Waals surface area contributed by atoms with Crippen molar-refractivity contribution >= 4 is 15.9 Å². The van der Waals surface area contributed by atoms with Gasteiger partial charge in [-0.3, -0.25) is 0 Å². The van der Waals surface area contributed by atoms with Crippen LogP contribution >= 0.6 is 15.9 Å². The first kappa shape index (κ1) is 14.1. The number of rotatable bonds is 4. The molecule has 0 radical (unpaired) electrons. The third-order valence-electron chi connectivity index (χ3n) is 2.69. The highest BCUT2D eigenvalue weighted by molar-refractivity contribution is 9.10. The summed E-state index contributed by atoms with van der Waals surface area (Å²) < 4.78 is 46.0. The van der Waals surface area contributed by atoms with E-state index in [0.29, 0.717) is 16.8 Å². The number of benzene rings is 1. The van der Waals surface area contributed by atoms with Gasteiger partial charge in [0.25, 0.3) is 0 Å². The molecule has 102 valence electrons. The highest BCUT2D eigenvalue weighted by atomic mass is 79.9. The number of furan rings is 1. The van der Waals surface area contributed by atoms with Crippen LogP contribution in [0.15, 0.2) is 33.4 Å². The second kappa shape index (κ2) is 5.79. The maximum Gasteiger partial charge on any atom is 0.194 e. The Morgan fingerprint density at radius 2 is 1.95 bits per heavy atom. The SMILES string of the molecule is CCNC(c1ccc(F)c(F)c1F)c1occc1Br. The van der Waals surface area contributed by atoms with Crippen molar-refractivity contribution in [2.24, 2.45) is 0 Å². The van der Waals surface area contributed by atoms with Gasteiger partial charge in [0.15, 0.2) is 17.5 Å². The van der Waals surface area contributed by atoms with E-state index >= 15 is 0 Å². The average molecular weight is 334 g/mol. The lowest BCUT2D eigenvalue weighted by Gasteiger charge is -2.17. The summed E-state index contributed by atoms with van der Waals surface area (Å²) in [5, 5.41) is 2.98. The van der Waals surface area contributed by atoms with E-state index in [4.69, 9.17) is 4.42 Å². The summed E-state index contributed by atoms with van der Waals surface area (Å²) in [7, 11) is 0. The lowest BCUT2D eigenvalue weighted by Crippen LogP contribution is -2.23. The molecule has 0 fully saturated rings. The van der Waals surface area contributed by atoms with E-state index in [1.54, 1.807) is 6.07 Å². The fraction of sp³-hybridized carbons (Fsp3) is 0.231. The number of hydrogen-bond donors (Lipinski definition) is 1. The fourth-order valence-corrected chi connectivity index (χ4v) is 2.25. The van der Waals surface area contributed by atoms with Crippen molar-refractivity contribution < 1.29 is 17.6 Å². The van der Waals surface area contributed by atoms with Crippen molar-refractivity contribution in [3.8, 4) is 0 Å². The summed E-state index contributed by atoms with van der Waals surface area (Å²) in [6, 6.07) is 3.06. The predicted octanol–water partition coefficient (Wildman–Crippen LogP) is 4.16. The lowest BCUT2D eigenvalue weighted by atomic mass is 10.0. The Kier molecular flexibility index (Phi) is 4.31. The average Bonchev–Trinajstić information content (AvgIpc) is 2.80. The summed E-state index contributed by atoms with van der Waals surface area (Å²) in [6.07, 6.45) is 1.43. The van der Waals surface area contributed by atoms with Crippen LogP contribution in [0, 0.1) is 17.5 Å². The standard InChI is InChI=1S/C13H11BrF3NO/c1-2-18-12(13-8(14)5-6-19-13)7-3-4-9(15)11(17)10(7)16/h3-6,12,18H,2H2,1H3. The molecule has 1 unspecified atom stereocenters. The van der Waals surface area contributed by atoms with E-state index in [2.05, 4.69) is 21.2 Å². The number of nitrogens with one attached hydrogen (secondary N) is 1. The topological polar surface area (TPSA) is 25.2 Å². The minimum Gasteiger partial charge on any atom is -0.466 e. The molecule has 19 heavy (non-hydrogen) atoms. The molecular formula is C13H11BrF3NO. The Morgan fingerprint density at radius 3 is 2.53 bits per heavy atom. The van der Waals surface area contributed by atoms with Crippen molar-refractivity contribution in [3.05, 3.63) is 57.7 Å². The smallest absolute Gasteiger partial charge is 0.194 e. The third kappa shape index (κ3) is 2.69. The Morgan fingerprint density at radius 1 is 1.21 bits per heavy atom. The maximum atomic E-state index is 13.8. The van der Waals surface area contributed by atoms with Crippen LogP contribution in [-0.4, -0.2) is 6.54 Å². The molecule has 2 rings (SSSR count). The minimum atomic E-state index is -1.48. The number of halogens is 4. The van der Waals surface area contributed by atoms with Gasteiger partial charge in [0.1, 0.15) is 5.76 Å². The molecule has 1 aromatic carbocycles. The molecule has 1 heterocycles. The molecule has 0 amide bonds. The molecule has 0 spiro atoms. The van der Waals surface area contributed by atoms with Gasteiger partial charge in [-0.15, -0.1) is 0 Å². The first-order chi connectivity index (χ1) is 9.06. The molecular weight excluding hydrogens is 323 g/mol. The van der Waals surface area contributed by atoms with Crippen LogP contribution in [-0.2, 0) is 0 Å². The van der Waals surface area contributed by atoms with Crippen molar-refractivity contribution in [2.45, 2.75) is 13.0 Å². The van der Waals surface area contributed by atoms with E-state index < -0.39 is 23.5 Å². The summed E-state index contributed by atoms with van der Waals surface area (Å²) in [5.74, 6) is -3.50. The molecule has 0 saturated heterocycles. The molecule has 2 nitrogen and oxygen atoms in total. The third-order valence-corrected chi connectivity index (χ3v) is 3.35. The highest BCUT2D eigenvalue weighted by Gasteiger charge is 2.25. The molecule has 2 aromatic rings. The Labute approximate surface area is 116 Å². The fourth-order valence-electron chi connectivity index (χ4n) is 1.82. The monoisotopic (exact) mass is 333 g/mol. The van der Waals surface area contributed by atoms with Gasteiger partial charge >= 0.3 is 0 Å². The lowest BCUT2D eigenvalue weighted by molar-refractivity contribution is 0.411. The molecule has 0 aliphatic heterocycles. The van der Waals surface area contributed by atoms with Crippen LogP contribution < -0.4 is 5.32 Å². The molecule has 1 aromatic heterocycles. The van der Waals surface area contributed by atoms with Gasteiger partial charge in [-0.2, -0.15) is 0 Å². The van der Waals surface area contributed by atoms with Crippen molar-refractivity contribution in [2.75, 3.05) is 6.54 Å². The van der Waals surface area contributed by atoms with E-state index in [-0.39, 0.29) is 5.56 Å². The van der Waals surface area contributed by atoms with Crippen molar-refractivity contribution in [1.82, 2.24) is 5.32 Å². The Hall–Kier alpha value is -1.27. The molecule has 0 bridgehead atoms. The van der Waals surface area contributed by atoms with E-state index in [1.165, 1.54) is 12.3 Å². The van der Waals surface area contributed by atoms with Gasteiger partial charge in [-0.1, -0.05) is 13.0 Å². The van der Waals surface area contributed by atoms with E-state index in [9.17, 15) is 13.2 Å². The van der Waals surface area contributed by atoms with Crippen molar-refractivity contribution in [3.63, 3.8) is 0 Å². The van der Waals surface area contributed by atoms with Gasteiger partial charge in [0.2, 0.25) is 0 Å². The zero-order valence-corrected chi connectivity index (χ0v) is 11.6. The molecule has 6 heteroatoms. The van der Waals surface area contributed by atoms with Crippen LogP contribution in [0.25, 0.3) is 0 Å². The van der Waals surface area contributed by atoms with Crippen LogP contribution in [0.5, 0.6) is 0 Å². The largest absolute Gasteiger partial charge is 0.466 e. The second-order valence-electron chi connectivity index (χ2n) is 3.89. The minimum absolute atomic E-state index is 0.00333. The summed E-state index contributed by atoms with van der Waals surface area (Å²) in [4.78, 5) is 0. The molecule has 0 aliphatic carbocycles. The normalized spacial score (nSPS) is 12.7. The van der Waals surface area contributed by atoms with Gasteiger partial charge in [0, 0.05) is 5.56 Å². The predicted molar refractivity (Wildman–Crippen MR) is 68.2 cm³/mol. The van der Waals surface area contributed by atoms with Crippen LogP contribution in [0.4, 0.5) is 13.2 Å². The van der Waals surface area contributed by atoms with Crippen molar-refractivity contribution in [1.29, 1.82) is 0 Å². The first-order valence-corrected chi connectivity index (χ1v) is 6.45. The molecule has 0 saturated carbocycles. The van der Waals surface area contributed by atoms with Crippen LogP contribution in [0.3, 0.4) is 0 Å². The van der Waals surface area contributed by atoms with E-state index in [1.807, 2.05) is 6.92 Å². The van der Waals surface area contributed by atoms with Gasteiger partial charge in [-0.25, -0.2) is 13.2 Å². The zero-order valence-electron chi connectivity index (χ0n) is 10.0. The Bertz CT molecular complexity index is 585. The quantitative estimate of drug-likeness (QED) is 0.850. The van der Waals surface area contributed by atoms with Gasteiger partial charge < -0.3 is 9.73 Å². The summed E-state index contributed by atoms with van der Waals surface area (Å²) in [5.41, 5.74) is -0.00333. The summed E-state index contributed by atoms with van der Waals surface area (Å²) in [6.45, 7) is 2.33. The van der Waals surface area contributed by atoms with Gasteiger partial charge in [0.05, 0.1) is 16.8 Å². The molecule has 1 N–H and O–H groups in total. The second-order valence-corrected chi connectivity index (χ2v) is 4.74. The first-order valence-electron chi connectivity index (χ1n) is 5.66. The van der Waals surface area contributed by atoms with E-state index in [0.717, 1.165) is 6.07 Å². The highest BCUT2D eigenvalue weighted by Crippen LogP contribution is 2.32. The molecule has 1 atom stereocenters. The number of hydrogen-bond acceptors (Lipinski definition) is 2. The zero-order chi connectivity index (χ0) is 14.0. The molecule has 0 aliphatic rings. The summed E-state index contributed by atoms with van der Waals surface area (Å²) >= 11 is 3.27.